The number of allylic oxidation sites excluding steroid dienone is 4. The Morgan fingerprint density at radius 3 is 1.62 bits per heavy atom. The second-order valence-corrected chi connectivity index (χ2v) is 12.3. The van der Waals surface area contributed by atoms with Crippen molar-refractivity contribution in [2.24, 2.45) is 0 Å². The highest BCUT2D eigenvalue weighted by atomic mass is 16.3. The fraction of sp³-hybridized carbons (Fsp3) is 0.0476. The highest BCUT2D eigenvalue weighted by Crippen LogP contribution is 2.48. The first-order valence-electron chi connectivity index (χ1n) is 15.7. The molecule has 0 fully saturated rings. The van der Waals surface area contributed by atoms with Crippen LogP contribution in [-0.4, -0.2) is 4.40 Å². The summed E-state index contributed by atoms with van der Waals surface area (Å²) in [5, 5.41) is 9.36. The average molecular weight is 576 g/mol. The molecule has 1 aliphatic carbocycles. The van der Waals surface area contributed by atoms with Crippen LogP contribution in [0.2, 0.25) is 0 Å². The molecule has 10 aromatic rings. The summed E-state index contributed by atoms with van der Waals surface area (Å²) in [6.45, 7) is 0. The number of aromatic nitrogens is 1. The van der Waals surface area contributed by atoms with Crippen LogP contribution in [0.1, 0.15) is 18.4 Å². The summed E-state index contributed by atoms with van der Waals surface area (Å²) in [6.07, 6.45) is 9.11. The van der Waals surface area contributed by atoms with Gasteiger partial charge in [-0.2, -0.15) is 0 Å². The van der Waals surface area contributed by atoms with Gasteiger partial charge in [-0.05, 0) is 71.5 Å². The lowest BCUT2D eigenvalue weighted by molar-refractivity contribution is 0.670. The molecule has 1 aliphatic rings. The van der Waals surface area contributed by atoms with Gasteiger partial charge in [0.1, 0.15) is 11.2 Å². The van der Waals surface area contributed by atoms with Crippen LogP contribution in [0.5, 0.6) is 0 Å². The molecular weight excluding hydrogens is 550 g/mol. The summed E-state index contributed by atoms with van der Waals surface area (Å²) in [7, 11) is 0. The Kier molecular flexibility index (Phi) is 4.43. The maximum atomic E-state index is 6.69. The SMILES string of the molecule is C1=CC(c2ccccc2-c2cc3c4ccc5c6ccccc6oc5c4n4c3c(c2)c2ccc3c5ccccc5oc3c24)=CCC1. The van der Waals surface area contributed by atoms with Crippen molar-refractivity contribution in [2.45, 2.75) is 12.8 Å². The van der Waals surface area contributed by atoms with Gasteiger partial charge in [-0.1, -0.05) is 91.0 Å². The zero-order valence-corrected chi connectivity index (χ0v) is 24.3. The molecule has 0 N–H and O–H groups in total. The van der Waals surface area contributed by atoms with E-state index in [2.05, 4.69) is 120 Å². The Balaban J connectivity index is 1.36. The molecule has 45 heavy (non-hydrogen) atoms. The third-order valence-corrected chi connectivity index (χ3v) is 9.95. The van der Waals surface area contributed by atoms with Gasteiger partial charge in [0.2, 0.25) is 0 Å². The standard InChI is InChI=1S/C42H25NO2/c1-2-10-24(11-3-1)26-12-4-5-13-27(26)25-22-34-30-18-20-32-28-14-6-8-16-36(28)44-41(32)39(30)43-38(34)35(23-25)31-19-21-33-29-15-7-9-17-37(29)45-42(33)40(31)43/h2,4-23H,1,3H2. The van der Waals surface area contributed by atoms with Crippen molar-refractivity contribution in [1.82, 2.24) is 4.40 Å². The number of furan rings is 2. The minimum atomic E-state index is 0.905. The molecule has 0 bridgehead atoms. The maximum absolute atomic E-state index is 6.69. The first-order valence-corrected chi connectivity index (χ1v) is 15.7. The molecule has 0 saturated heterocycles. The molecule has 210 valence electrons. The van der Waals surface area contributed by atoms with Gasteiger partial charge in [0.25, 0.3) is 0 Å². The van der Waals surface area contributed by atoms with Crippen LogP contribution in [-0.2, 0) is 0 Å². The predicted molar refractivity (Wildman–Crippen MR) is 187 cm³/mol. The zero-order valence-electron chi connectivity index (χ0n) is 24.3. The van der Waals surface area contributed by atoms with E-state index in [4.69, 9.17) is 8.83 Å². The van der Waals surface area contributed by atoms with E-state index in [1.54, 1.807) is 0 Å². The van der Waals surface area contributed by atoms with Crippen LogP contribution < -0.4 is 0 Å². The fourth-order valence-corrected chi connectivity index (χ4v) is 8.00. The second kappa shape index (κ2) is 8.43. The second-order valence-electron chi connectivity index (χ2n) is 12.3. The molecule has 3 heteroatoms. The molecule has 0 aliphatic heterocycles. The third-order valence-electron chi connectivity index (χ3n) is 9.95. The van der Waals surface area contributed by atoms with E-state index in [0.29, 0.717) is 0 Å². The van der Waals surface area contributed by atoms with E-state index in [9.17, 15) is 0 Å². The van der Waals surface area contributed by atoms with E-state index >= 15 is 0 Å². The van der Waals surface area contributed by atoms with Crippen LogP contribution in [0, 0.1) is 0 Å². The Morgan fingerprint density at radius 2 is 1.02 bits per heavy atom. The van der Waals surface area contributed by atoms with E-state index in [-0.39, 0.29) is 0 Å². The molecule has 0 amide bonds. The molecule has 0 radical (unpaired) electrons. The predicted octanol–water partition coefficient (Wildman–Crippen LogP) is 12.0. The van der Waals surface area contributed by atoms with Crippen molar-refractivity contribution in [3.63, 3.8) is 0 Å². The topological polar surface area (TPSA) is 30.7 Å². The van der Waals surface area contributed by atoms with Crippen LogP contribution in [0.3, 0.4) is 0 Å². The van der Waals surface area contributed by atoms with Gasteiger partial charge >= 0.3 is 0 Å². The summed E-state index contributed by atoms with van der Waals surface area (Å²) < 4.78 is 15.8. The minimum absolute atomic E-state index is 0.905. The molecule has 0 unspecified atom stereocenters. The summed E-state index contributed by atoms with van der Waals surface area (Å²) in [4.78, 5) is 0. The number of rotatable bonds is 2. The van der Waals surface area contributed by atoms with Crippen molar-refractivity contribution in [3.05, 3.63) is 133 Å². The first kappa shape index (κ1) is 23.6. The molecule has 4 heterocycles. The van der Waals surface area contributed by atoms with Gasteiger partial charge in [-0.25, -0.2) is 0 Å². The fourth-order valence-electron chi connectivity index (χ4n) is 8.00. The molecule has 3 nitrogen and oxygen atoms in total. The van der Waals surface area contributed by atoms with Crippen molar-refractivity contribution in [2.75, 3.05) is 0 Å². The molecular formula is C42H25NO2. The van der Waals surface area contributed by atoms with Crippen molar-refractivity contribution >= 4 is 87.5 Å². The van der Waals surface area contributed by atoms with Crippen molar-refractivity contribution in [1.29, 1.82) is 0 Å². The molecule has 4 aromatic heterocycles. The van der Waals surface area contributed by atoms with Crippen molar-refractivity contribution < 1.29 is 8.83 Å². The quantitative estimate of drug-likeness (QED) is 0.205. The van der Waals surface area contributed by atoms with Crippen molar-refractivity contribution in [3.8, 4) is 11.1 Å². The monoisotopic (exact) mass is 575 g/mol. The molecule has 0 saturated carbocycles. The molecule has 0 spiro atoms. The summed E-state index contributed by atoms with van der Waals surface area (Å²) in [6, 6.07) is 39.3. The first-order chi connectivity index (χ1) is 22.3. The van der Waals surface area contributed by atoms with E-state index in [1.165, 1.54) is 49.3 Å². The number of nitrogens with zero attached hydrogens (tertiary/aromatic N) is 1. The lowest BCUT2D eigenvalue weighted by atomic mass is 9.90. The maximum Gasteiger partial charge on any atom is 0.160 e. The van der Waals surface area contributed by atoms with Crippen LogP contribution >= 0.6 is 0 Å². The third kappa shape index (κ3) is 3.00. The average Bonchev–Trinajstić information content (AvgIpc) is 3.84. The summed E-state index contributed by atoms with van der Waals surface area (Å²) in [5.41, 5.74) is 12.1. The van der Waals surface area contributed by atoms with E-state index in [0.717, 1.165) is 67.8 Å². The Morgan fingerprint density at radius 1 is 0.467 bits per heavy atom. The number of para-hydroxylation sites is 2. The number of fused-ring (bicyclic) bond motifs is 14. The van der Waals surface area contributed by atoms with E-state index in [1.807, 2.05) is 12.1 Å². The van der Waals surface area contributed by atoms with Gasteiger partial charge in [-0.3, -0.25) is 0 Å². The number of hydrogen-bond acceptors (Lipinski definition) is 2. The van der Waals surface area contributed by atoms with Gasteiger partial charge in [0.15, 0.2) is 11.2 Å². The minimum Gasteiger partial charge on any atom is -0.454 e. The summed E-state index contributed by atoms with van der Waals surface area (Å²) >= 11 is 0. The molecule has 0 atom stereocenters. The zero-order chi connectivity index (χ0) is 29.2. The van der Waals surface area contributed by atoms with Crippen LogP contribution in [0.4, 0.5) is 0 Å². The smallest absolute Gasteiger partial charge is 0.160 e. The Labute approximate surface area is 257 Å². The van der Waals surface area contributed by atoms with Crippen LogP contribution in [0.15, 0.2) is 136 Å². The molecule has 11 rings (SSSR count). The van der Waals surface area contributed by atoms with Gasteiger partial charge in [0.05, 0.1) is 16.6 Å². The van der Waals surface area contributed by atoms with Crippen LogP contribution in [0.25, 0.3) is 98.7 Å². The summed E-state index contributed by atoms with van der Waals surface area (Å²) in [5.74, 6) is 0. The van der Waals surface area contributed by atoms with Gasteiger partial charge in [0, 0.05) is 43.1 Å². The van der Waals surface area contributed by atoms with Gasteiger partial charge < -0.3 is 13.2 Å². The highest BCUT2D eigenvalue weighted by Gasteiger charge is 2.25. The van der Waals surface area contributed by atoms with E-state index < -0.39 is 0 Å². The Hall–Kier alpha value is -5.80. The Bertz CT molecular complexity index is 2770. The number of hydrogen-bond donors (Lipinski definition) is 0. The number of benzene rings is 6. The largest absolute Gasteiger partial charge is 0.454 e. The lowest BCUT2D eigenvalue weighted by Crippen LogP contribution is -1.90. The van der Waals surface area contributed by atoms with Gasteiger partial charge in [-0.15, -0.1) is 0 Å². The molecule has 6 aromatic carbocycles. The highest BCUT2D eigenvalue weighted by molar-refractivity contribution is 6.32. The lowest BCUT2D eigenvalue weighted by Gasteiger charge is -2.14. The normalized spacial score (nSPS) is 14.1.